The molecule has 10 aromatic rings. The monoisotopic (exact) mass is 1490 g/mol. The van der Waals surface area contributed by atoms with Crippen LogP contribution in [-0.4, -0.2) is 93.0 Å². The number of methoxy groups -OCH3 is 3. The average Bonchev–Trinajstić information content (AvgIpc) is 1.55. The van der Waals surface area contributed by atoms with Gasteiger partial charge in [0, 0.05) is 77.2 Å². The summed E-state index contributed by atoms with van der Waals surface area (Å²) in [4.78, 5) is 39.9. The van der Waals surface area contributed by atoms with Gasteiger partial charge in [-0.25, -0.2) is 29.7 Å². The smallest absolute Gasteiger partial charge is 0.416 e. The first-order valence-electron chi connectivity index (χ1n) is 32.7. The summed E-state index contributed by atoms with van der Waals surface area (Å²) >= 11 is 15.0. The van der Waals surface area contributed by atoms with Gasteiger partial charge >= 0.3 is 6.09 Å². The standard InChI is InChI=1S/C35H46ClFN4O4Si.C22H19ClFN3O.C17H27IN2OSi/c1-21(2)46(22(3)4,23(5)6)41-20-28(27-17-25(44-10)18-38-33(27)41)31(42)26-15-16-30(39-32(26)37)40(34(43)45-35(7,8)9)19-24-13-11-12-14-29(24)36;1-28-18-11-19-16(12-25-22(19)26-13-18)10-15-7-9-17(27-21(15)24)8-6-14-4-2-3-5-20(14)23;1-11(2)22(12(3)4,13(5)6)20-10-16(18)15-8-14(21-7)9-19-17(15)20/h11-18,20-23,31,42H,19H2,1-10H3;2-5,7,9,11-13H,6,8,10H2,1H3,(H,25,26);8-13H,1-7H3. The first kappa shape index (κ1) is 74.8. The third-order valence-corrected chi connectivity index (χ3v) is 33.5. The highest BCUT2D eigenvalue weighted by Gasteiger charge is 2.48. The number of amides is 1. The fourth-order valence-corrected chi connectivity index (χ4v) is 28.9. The molecule has 2 N–H and O–H groups in total. The number of aliphatic hydroxyl groups excluding tert-OH is 1. The van der Waals surface area contributed by atoms with Crippen molar-refractivity contribution in [2.75, 3.05) is 26.2 Å². The van der Waals surface area contributed by atoms with E-state index in [0.717, 1.165) is 50.6 Å². The maximum absolute atomic E-state index is 16.0. The number of carbonyl (C=O) groups excluding carboxylic acids is 1. The van der Waals surface area contributed by atoms with E-state index in [1.54, 1.807) is 84.8 Å². The number of aliphatic hydroxyl groups is 1. The zero-order valence-corrected chi connectivity index (χ0v) is 64.1. The van der Waals surface area contributed by atoms with Crippen molar-refractivity contribution < 1.29 is 37.6 Å². The SMILES string of the molecule is COc1cnc2[nH]cc(Cc3ccc(CCc4ccccc4Cl)nc3F)c2c1.COc1cnc2c(c1)c(C(O)c1ccc(N(Cc3ccccc3Cl)C(=O)OC(C)(C)C)nc1F)cn2[Si](C(C)C)(C(C)C)C(C)C.COc1cnc2c(c1)c(I)cn2[Si](C(C)C)(C(C)C)C(C)C. The topological polar surface area (TPSA) is 168 Å². The summed E-state index contributed by atoms with van der Waals surface area (Å²) in [6, 6.07) is 27.3. The Labute approximate surface area is 590 Å². The molecule has 8 heterocycles. The third kappa shape index (κ3) is 15.9. The van der Waals surface area contributed by atoms with Crippen molar-refractivity contribution in [3.8, 4) is 17.2 Å². The zero-order chi connectivity index (χ0) is 70.3. The molecular weight excluding hydrogens is 1400 g/mol. The van der Waals surface area contributed by atoms with Gasteiger partial charge in [0.05, 0.1) is 46.5 Å². The summed E-state index contributed by atoms with van der Waals surface area (Å²) in [5.41, 5.74) is 9.20. The van der Waals surface area contributed by atoms with E-state index >= 15 is 4.39 Å². The van der Waals surface area contributed by atoms with E-state index in [-0.39, 0.29) is 17.9 Å². The molecule has 0 aliphatic rings. The highest BCUT2D eigenvalue weighted by Crippen LogP contribution is 2.48. The van der Waals surface area contributed by atoms with E-state index in [1.165, 1.54) is 26.0 Å². The predicted molar refractivity (Wildman–Crippen MR) is 399 cm³/mol. The van der Waals surface area contributed by atoms with Crippen LogP contribution in [0.3, 0.4) is 0 Å². The number of aryl methyl sites for hydroxylation is 2. The number of nitrogens with zero attached hydrogens (tertiary/aromatic N) is 8. The van der Waals surface area contributed by atoms with Crippen LogP contribution in [0.5, 0.6) is 17.2 Å². The van der Waals surface area contributed by atoms with Crippen LogP contribution in [0.2, 0.25) is 43.3 Å². The Morgan fingerprint density at radius 3 is 1.61 bits per heavy atom. The Kier molecular flexibility index (Phi) is 24.7. The highest BCUT2D eigenvalue weighted by atomic mass is 127. The Morgan fingerprint density at radius 1 is 0.604 bits per heavy atom. The minimum atomic E-state index is -2.31. The van der Waals surface area contributed by atoms with Crippen LogP contribution in [0.15, 0.2) is 128 Å². The van der Waals surface area contributed by atoms with Crippen LogP contribution >= 0.6 is 45.8 Å². The Morgan fingerprint density at radius 2 is 1.10 bits per heavy atom. The molecule has 0 aliphatic carbocycles. The summed E-state index contributed by atoms with van der Waals surface area (Å²) in [5.74, 6) is 0.706. The first-order valence-corrected chi connectivity index (χ1v) is 38.8. The van der Waals surface area contributed by atoms with Gasteiger partial charge in [-0.2, -0.15) is 8.78 Å². The number of H-pyrrole nitrogens is 1. The van der Waals surface area contributed by atoms with Crippen molar-refractivity contribution in [2.24, 2.45) is 0 Å². The number of aromatic amines is 1. The zero-order valence-electron chi connectivity index (χ0n) is 58.5. The van der Waals surface area contributed by atoms with Crippen molar-refractivity contribution in [1.29, 1.82) is 0 Å². The Balaban J connectivity index is 0.000000200. The largest absolute Gasteiger partial charge is 0.495 e. The van der Waals surface area contributed by atoms with Crippen molar-refractivity contribution in [3.05, 3.63) is 193 Å². The molecular formula is C74H92Cl2F2IN9O6Si2. The number of halogens is 5. The van der Waals surface area contributed by atoms with Gasteiger partial charge in [-0.05, 0) is 155 Å². The molecule has 1 atom stereocenters. The number of pyridine rings is 5. The van der Waals surface area contributed by atoms with Crippen LogP contribution < -0.4 is 19.1 Å². The number of anilines is 1. The van der Waals surface area contributed by atoms with Gasteiger partial charge in [0.15, 0.2) is 16.5 Å². The number of hydrogen-bond donors (Lipinski definition) is 2. The summed E-state index contributed by atoms with van der Waals surface area (Å²) in [7, 11) is 0.780. The van der Waals surface area contributed by atoms with E-state index in [9.17, 15) is 14.3 Å². The van der Waals surface area contributed by atoms with Gasteiger partial charge in [-0.3, -0.25) is 4.90 Å². The predicted octanol–water partition coefficient (Wildman–Crippen LogP) is 20.1. The fourth-order valence-electron chi connectivity index (χ4n) is 14.4. The molecule has 0 saturated heterocycles. The van der Waals surface area contributed by atoms with Gasteiger partial charge in [0.1, 0.15) is 51.7 Å². The Hall–Kier alpha value is -6.96. The number of hydrogen-bond acceptors (Lipinski definition) is 11. The molecule has 22 heteroatoms. The summed E-state index contributed by atoms with van der Waals surface area (Å²) < 4.78 is 58.4. The van der Waals surface area contributed by atoms with E-state index in [4.69, 9.17) is 52.1 Å². The quantitative estimate of drug-likeness (QED) is 0.0399. The lowest BCUT2D eigenvalue weighted by Crippen LogP contribution is -2.51. The molecule has 0 saturated carbocycles. The molecule has 8 aromatic heterocycles. The molecule has 512 valence electrons. The van der Waals surface area contributed by atoms with Gasteiger partial charge in [0.25, 0.3) is 0 Å². The number of ether oxygens (including phenoxy) is 4. The van der Waals surface area contributed by atoms with Crippen LogP contribution in [-0.2, 0) is 30.5 Å². The number of fused-ring (bicyclic) bond motifs is 3. The van der Waals surface area contributed by atoms with E-state index < -0.39 is 46.2 Å². The van der Waals surface area contributed by atoms with E-state index in [0.29, 0.717) is 90.4 Å². The lowest BCUT2D eigenvalue weighted by atomic mass is 10.0. The lowest BCUT2D eigenvalue weighted by molar-refractivity contribution is 0.0576. The minimum Gasteiger partial charge on any atom is -0.495 e. The van der Waals surface area contributed by atoms with Crippen LogP contribution in [0, 0.1) is 15.5 Å². The first-order chi connectivity index (χ1) is 45.4. The molecule has 2 aromatic carbocycles. The van der Waals surface area contributed by atoms with Gasteiger partial charge in [0.2, 0.25) is 11.9 Å². The van der Waals surface area contributed by atoms with Gasteiger partial charge < -0.3 is 37.5 Å². The fraction of sp³-hybridized carbons (Fsp3) is 0.405. The van der Waals surface area contributed by atoms with Crippen LogP contribution in [0.1, 0.15) is 149 Å². The minimum absolute atomic E-state index is 0.00813. The molecule has 0 fully saturated rings. The van der Waals surface area contributed by atoms with Crippen molar-refractivity contribution in [2.45, 2.75) is 175 Å². The second kappa shape index (κ2) is 31.7. The molecule has 1 unspecified atom stereocenters. The highest BCUT2D eigenvalue weighted by molar-refractivity contribution is 14.1. The summed E-state index contributed by atoms with van der Waals surface area (Å²) in [6.45, 7) is 33.1. The number of nitrogens with one attached hydrogen (secondary N) is 1. The normalized spacial score (nSPS) is 12.5. The van der Waals surface area contributed by atoms with Crippen molar-refractivity contribution in [1.82, 2.24) is 38.4 Å². The molecule has 10 rings (SSSR count). The molecule has 15 nitrogen and oxygen atoms in total. The molecule has 0 radical (unpaired) electrons. The molecule has 96 heavy (non-hydrogen) atoms. The van der Waals surface area contributed by atoms with Gasteiger partial charge in [-0.1, -0.05) is 149 Å². The second-order valence-corrected chi connectivity index (χ2v) is 40.6. The second-order valence-electron chi connectivity index (χ2n) is 27.2. The molecule has 0 spiro atoms. The van der Waals surface area contributed by atoms with Crippen molar-refractivity contribution in [3.63, 3.8) is 0 Å². The van der Waals surface area contributed by atoms with Crippen LogP contribution in [0.25, 0.3) is 33.1 Å². The molecule has 0 aliphatic heterocycles. The summed E-state index contributed by atoms with van der Waals surface area (Å²) in [6.07, 6.45) is 11.0. The Bertz CT molecular complexity index is 4280. The van der Waals surface area contributed by atoms with Gasteiger partial charge in [-0.15, -0.1) is 0 Å². The van der Waals surface area contributed by atoms with E-state index in [1.807, 2.05) is 61.1 Å². The number of carbonyl (C=O) groups is 1. The molecule has 0 bridgehead atoms. The van der Waals surface area contributed by atoms with Crippen molar-refractivity contribution >= 4 is 107 Å². The number of rotatable bonds is 21. The van der Waals surface area contributed by atoms with E-state index in [2.05, 4.69) is 146 Å². The maximum atomic E-state index is 16.0. The number of benzene rings is 2. The number of aromatic nitrogens is 8. The van der Waals surface area contributed by atoms with Crippen LogP contribution in [0.4, 0.5) is 19.4 Å². The maximum Gasteiger partial charge on any atom is 0.416 e. The molecule has 1 amide bonds. The lowest BCUT2D eigenvalue weighted by Gasteiger charge is -2.44. The average molecular weight is 1500 g/mol. The summed E-state index contributed by atoms with van der Waals surface area (Å²) in [5, 5.41) is 15.8. The third-order valence-electron chi connectivity index (χ3n) is 18.5.